The van der Waals surface area contributed by atoms with Gasteiger partial charge >= 0.3 is 0 Å². The average Bonchev–Trinajstić information content (AvgIpc) is 2.55. The highest BCUT2D eigenvalue weighted by molar-refractivity contribution is 7.91. The summed E-state index contributed by atoms with van der Waals surface area (Å²) in [4.78, 5) is 2.09. The Morgan fingerprint density at radius 2 is 2.07 bits per heavy atom. The lowest BCUT2D eigenvalue weighted by Gasteiger charge is -2.25. The summed E-state index contributed by atoms with van der Waals surface area (Å²) in [5, 5.41) is 7.80. The molecule has 0 unspecified atom stereocenters. The van der Waals surface area contributed by atoms with Crippen LogP contribution in [-0.2, 0) is 23.4 Å². The highest BCUT2D eigenvalue weighted by atomic mass is 32.2. The molecule has 2 heterocycles. The second kappa shape index (κ2) is 3.90. The Balaban J connectivity index is 1.92. The van der Waals surface area contributed by atoms with Crippen molar-refractivity contribution in [2.45, 2.75) is 6.54 Å². The summed E-state index contributed by atoms with van der Waals surface area (Å²) in [6.07, 6.45) is 1.85. The lowest BCUT2D eigenvalue weighted by Crippen LogP contribution is -2.39. The van der Waals surface area contributed by atoms with Crippen molar-refractivity contribution in [3.05, 3.63) is 11.9 Å². The van der Waals surface area contributed by atoms with Gasteiger partial charge in [-0.2, -0.15) is 0 Å². The second-order valence-electron chi connectivity index (χ2n) is 3.81. The minimum absolute atomic E-state index is 0.257. The molecule has 1 aliphatic heterocycles. The summed E-state index contributed by atoms with van der Waals surface area (Å²) >= 11 is 0. The molecule has 1 aromatic heterocycles. The molecule has 1 fully saturated rings. The minimum atomic E-state index is -2.79. The average molecular weight is 230 g/mol. The molecule has 0 aliphatic carbocycles. The van der Waals surface area contributed by atoms with Crippen LogP contribution >= 0.6 is 0 Å². The molecule has 15 heavy (non-hydrogen) atoms. The van der Waals surface area contributed by atoms with Gasteiger partial charge in [0.2, 0.25) is 0 Å². The molecule has 7 heteroatoms. The predicted molar refractivity (Wildman–Crippen MR) is 54.9 cm³/mol. The molecule has 84 valence electrons. The molecule has 0 spiro atoms. The molecular formula is C8H14N4O2S. The first-order chi connectivity index (χ1) is 7.05. The Morgan fingerprint density at radius 3 is 2.60 bits per heavy atom. The van der Waals surface area contributed by atoms with E-state index in [0.29, 0.717) is 19.6 Å². The molecular weight excluding hydrogens is 216 g/mol. The lowest BCUT2D eigenvalue weighted by molar-refractivity contribution is 0.284. The zero-order valence-electron chi connectivity index (χ0n) is 8.63. The van der Waals surface area contributed by atoms with Gasteiger partial charge < -0.3 is 0 Å². The summed E-state index contributed by atoms with van der Waals surface area (Å²) in [6, 6.07) is 0. The molecule has 0 bridgehead atoms. The summed E-state index contributed by atoms with van der Waals surface area (Å²) in [5.41, 5.74) is 0.886. The number of aromatic nitrogens is 3. The monoisotopic (exact) mass is 230 g/mol. The molecule has 1 aromatic rings. The van der Waals surface area contributed by atoms with E-state index in [1.165, 1.54) is 0 Å². The van der Waals surface area contributed by atoms with E-state index >= 15 is 0 Å². The van der Waals surface area contributed by atoms with E-state index in [2.05, 4.69) is 15.2 Å². The van der Waals surface area contributed by atoms with Crippen LogP contribution in [0.1, 0.15) is 5.69 Å². The molecule has 0 radical (unpaired) electrons. The highest BCUT2D eigenvalue weighted by Gasteiger charge is 2.21. The molecule has 1 saturated heterocycles. The summed E-state index contributed by atoms with van der Waals surface area (Å²) in [6.45, 7) is 1.88. The smallest absolute Gasteiger partial charge is 0.152 e. The normalized spacial score (nSPS) is 21.7. The van der Waals surface area contributed by atoms with Gasteiger partial charge in [-0.25, -0.2) is 8.42 Å². The van der Waals surface area contributed by atoms with Crippen LogP contribution in [0.5, 0.6) is 0 Å². The Bertz CT molecular complexity index is 425. The van der Waals surface area contributed by atoms with Gasteiger partial charge in [0, 0.05) is 32.9 Å². The maximum atomic E-state index is 11.2. The maximum absolute atomic E-state index is 11.2. The van der Waals surface area contributed by atoms with Gasteiger partial charge in [0.15, 0.2) is 9.84 Å². The maximum Gasteiger partial charge on any atom is 0.152 e. The third-order valence-electron chi connectivity index (χ3n) is 2.47. The Labute approximate surface area is 88.8 Å². The molecule has 0 amide bonds. The largest absolute Gasteiger partial charge is 0.295 e. The van der Waals surface area contributed by atoms with Gasteiger partial charge in [-0.05, 0) is 0 Å². The van der Waals surface area contributed by atoms with E-state index in [1.54, 1.807) is 4.68 Å². The van der Waals surface area contributed by atoms with Gasteiger partial charge in [0.05, 0.1) is 17.2 Å². The number of hydrogen-bond acceptors (Lipinski definition) is 5. The Morgan fingerprint density at radius 1 is 1.40 bits per heavy atom. The van der Waals surface area contributed by atoms with Crippen molar-refractivity contribution in [3.63, 3.8) is 0 Å². The number of rotatable bonds is 2. The fraction of sp³-hybridized carbons (Fsp3) is 0.750. The van der Waals surface area contributed by atoms with Crippen molar-refractivity contribution in [2.24, 2.45) is 7.05 Å². The molecule has 1 aliphatic rings. The van der Waals surface area contributed by atoms with Gasteiger partial charge in [0.25, 0.3) is 0 Å². The SMILES string of the molecule is Cn1cc(CN2CCS(=O)(=O)CC2)nn1. The lowest BCUT2D eigenvalue weighted by atomic mass is 10.4. The van der Waals surface area contributed by atoms with E-state index in [-0.39, 0.29) is 11.5 Å². The van der Waals surface area contributed by atoms with Crippen LogP contribution in [0.25, 0.3) is 0 Å². The zero-order chi connectivity index (χ0) is 10.9. The van der Waals surface area contributed by atoms with Crippen LogP contribution in [0.15, 0.2) is 6.20 Å². The van der Waals surface area contributed by atoms with Gasteiger partial charge in [0.1, 0.15) is 0 Å². The predicted octanol–water partition coefficient (Wildman–Crippen LogP) is -0.954. The first-order valence-corrected chi connectivity index (χ1v) is 6.65. The zero-order valence-corrected chi connectivity index (χ0v) is 9.44. The summed E-state index contributed by atoms with van der Waals surface area (Å²) in [5.74, 6) is 0.514. The van der Waals surface area contributed by atoms with Crippen molar-refractivity contribution in [2.75, 3.05) is 24.6 Å². The van der Waals surface area contributed by atoms with Gasteiger partial charge in [-0.3, -0.25) is 9.58 Å². The van der Waals surface area contributed by atoms with Gasteiger partial charge in [-0.1, -0.05) is 5.21 Å². The minimum Gasteiger partial charge on any atom is -0.295 e. The Hall–Kier alpha value is -0.950. The third-order valence-corrected chi connectivity index (χ3v) is 4.08. The van der Waals surface area contributed by atoms with Crippen molar-refractivity contribution in [1.82, 2.24) is 19.9 Å². The first-order valence-electron chi connectivity index (χ1n) is 4.83. The molecule has 0 N–H and O–H groups in total. The van der Waals surface area contributed by atoms with Crippen LogP contribution in [-0.4, -0.2) is 52.9 Å². The number of sulfone groups is 1. The standard InChI is InChI=1S/C8H14N4O2S/c1-11-6-8(9-10-11)7-12-2-4-15(13,14)5-3-12/h6H,2-5,7H2,1H3. The fourth-order valence-electron chi connectivity index (χ4n) is 1.61. The molecule has 2 rings (SSSR count). The molecule has 0 aromatic carbocycles. The molecule has 0 atom stereocenters. The highest BCUT2D eigenvalue weighted by Crippen LogP contribution is 2.07. The number of aryl methyl sites for hydroxylation is 1. The van der Waals surface area contributed by atoms with Crippen molar-refractivity contribution >= 4 is 9.84 Å². The number of hydrogen-bond donors (Lipinski definition) is 0. The van der Waals surface area contributed by atoms with E-state index in [9.17, 15) is 8.42 Å². The third kappa shape index (κ3) is 2.75. The van der Waals surface area contributed by atoms with Crippen molar-refractivity contribution in [3.8, 4) is 0 Å². The van der Waals surface area contributed by atoms with Crippen LogP contribution in [0.4, 0.5) is 0 Å². The van der Waals surface area contributed by atoms with Crippen LogP contribution in [0, 0.1) is 0 Å². The van der Waals surface area contributed by atoms with E-state index in [0.717, 1.165) is 5.69 Å². The van der Waals surface area contributed by atoms with Crippen LogP contribution in [0.3, 0.4) is 0 Å². The summed E-state index contributed by atoms with van der Waals surface area (Å²) in [7, 11) is -0.969. The number of nitrogens with zero attached hydrogens (tertiary/aromatic N) is 4. The van der Waals surface area contributed by atoms with Gasteiger partial charge in [-0.15, -0.1) is 5.10 Å². The van der Waals surface area contributed by atoms with E-state index < -0.39 is 9.84 Å². The van der Waals surface area contributed by atoms with E-state index in [1.807, 2.05) is 13.2 Å². The second-order valence-corrected chi connectivity index (χ2v) is 6.12. The van der Waals surface area contributed by atoms with Crippen LogP contribution < -0.4 is 0 Å². The quantitative estimate of drug-likeness (QED) is 0.655. The fourth-order valence-corrected chi connectivity index (χ4v) is 2.88. The van der Waals surface area contributed by atoms with Crippen LogP contribution in [0.2, 0.25) is 0 Å². The first kappa shape index (κ1) is 10.6. The van der Waals surface area contributed by atoms with Crippen molar-refractivity contribution in [1.29, 1.82) is 0 Å². The van der Waals surface area contributed by atoms with E-state index in [4.69, 9.17) is 0 Å². The Kier molecular flexibility index (Phi) is 2.74. The van der Waals surface area contributed by atoms with Crippen molar-refractivity contribution < 1.29 is 8.42 Å². The summed E-state index contributed by atoms with van der Waals surface area (Å²) < 4.78 is 24.0. The molecule has 0 saturated carbocycles. The topological polar surface area (TPSA) is 68.1 Å². The molecule has 6 nitrogen and oxygen atoms in total.